The quantitative estimate of drug-likeness (QED) is 0.369. The Morgan fingerprint density at radius 1 is 1.14 bits per heavy atom. The molecule has 0 saturated heterocycles. The highest BCUT2D eigenvalue weighted by atomic mass is 35.5. The average molecular weight is 446 g/mol. The van der Waals surface area contributed by atoms with Crippen molar-refractivity contribution in [2.24, 2.45) is 5.10 Å². The molecule has 0 aliphatic rings. The third kappa shape index (κ3) is 5.66. The van der Waals surface area contributed by atoms with Gasteiger partial charge in [-0.2, -0.15) is 5.10 Å². The third-order valence-corrected chi connectivity index (χ3v) is 6.00. The first-order valence-corrected chi connectivity index (χ1v) is 10.9. The Bertz CT molecular complexity index is 1030. The molecule has 0 bridgehead atoms. The number of nitrogens with zero attached hydrogens (tertiary/aromatic N) is 2. The second-order valence-corrected chi connectivity index (χ2v) is 8.34. The van der Waals surface area contributed by atoms with Gasteiger partial charge in [0.05, 0.1) is 12.0 Å². The first-order valence-electron chi connectivity index (χ1n) is 9.03. The van der Waals surface area contributed by atoms with Crippen molar-refractivity contribution in [2.45, 2.75) is 19.6 Å². The van der Waals surface area contributed by atoms with E-state index in [4.69, 9.17) is 23.2 Å². The Balaban J connectivity index is 1.56. The van der Waals surface area contributed by atoms with Crippen LogP contribution >= 0.6 is 35.0 Å². The first-order chi connectivity index (χ1) is 14.0. The van der Waals surface area contributed by atoms with E-state index in [1.807, 2.05) is 68.4 Å². The van der Waals surface area contributed by atoms with Crippen LogP contribution in [0.25, 0.3) is 5.69 Å². The molecule has 0 spiro atoms. The fourth-order valence-corrected chi connectivity index (χ4v) is 4.21. The molecule has 0 saturated carbocycles. The molecule has 0 aliphatic carbocycles. The van der Waals surface area contributed by atoms with E-state index in [1.54, 1.807) is 6.21 Å². The molecule has 0 atom stereocenters. The van der Waals surface area contributed by atoms with Crippen molar-refractivity contribution in [3.05, 3.63) is 87.2 Å². The number of aryl methyl sites for hydroxylation is 1. The molecule has 0 unspecified atom stereocenters. The van der Waals surface area contributed by atoms with Gasteiger partial charge in [0.15, 0.2) is 0 Å². The van der Waals surface area contributed by atoms with E-state index < -0.39 is 0 Å². The Labute approximate surface area is 184 Å². The summed E-state index contributed by atoms with van der Waals surface area (Å²) >= 11 is 13.6. The van der Waals surface area contributed by atoms with Crippen LogP contribution in [0.4, 0.5) is 0 Å². The molecule has 29 heavy (non-hydrogen) atoms. The smallest absolute Gasteiger partial charge is 0.250 e. The first kappa shape index (κ1) is 21.5. The Hall–Kier alpha value is -2.21. The third-order valence-electron chi connectivity index (χ3n) is 4.40. The average Bonchev–Trinajstić information content (AvgIpc) is 2.98. The van der Waals surface area contributed by atoms with Crippen molar-refractivity contribution in [1.82, 2.24) is 9.99 Å². The van der Waals surface area contributed by atoms with Crippen molar-refractivity contribution >= 4 is 47.1 Å². The number of thioether (sulfide) groups is 1. The minimum Gasteiger partial charge on any atom is -0.318 e. The van der Waals surface area contributed by atoms with Gasteiger partial charge in [0, 0.05) is 38.4 Å². The zero-order chi connectivity index (χ0) is 20.8. The van der Waals surface area contributed by atoms with Crippen LogP contribution in [0.5, 0.6) is 0 Å². The highest BCUT2D eigenvalue weighted by Gasteiger charge is 2.09. The van der Waals surface area contributed by atoms with E-state index in [9.17, 15) is 4.79 Å². The SMILES string of the molecule is Cc1cc(/C=N/NC(=O)CSCc2ccccc2Cl)c(C)n1-c1ccc(Cl)cc1. The van der Waals surface area contributed by atoms with Crippen molar-refractivity contribution in [3.8, 4) is 5.69 Å². The minimum atomic E-state index is -0.148. The molecule has 1 aromatic heterocycles. The molecule has 2 aromatic carbocycles. The number of nitrogens with one attached hydrogen (secondary N) is 1. The van der Waals surface area contributed by atoms with Gasteiger partial charge in [-0.1, -0.05) is 41.4 Å². The number of hydrogen-bond donors (Lipinski definition) is 1. The van der Waals surface area contributed by atoms with Crippen LogP contribution in [0.1, 0.15) is 22.5 Å². The van der Waals surface area contributed by atoms with E-state index in [-0.39, 0.29) is 5.91 Å². The molecule has 1 amide bonds. The summed E-state index contributed by atoms with van der Waals surface area (Å²) in [5, 5.41) is 5.53. The molecule has 4 nitrogen and oxygen atoms in total. The molecule has 0 aliphatic heterocycles. The number of halogens is 2. The van der Waals surface area contributed by atoms with Crippen molar-refractivity contribution in [2.75, 3.05) is 5.75 Å². The predicted octanol–water partition coefficient (Wildman–Crippen LogP) is 5.78. The summed E-state index contributed by atoms with van der Waals surface area (Å²) in [5.41, 5.74) is 7.70. The van der Waals surface area contributed by atoms with Gasteiger partial charge in [-0.15, -0.1) is 11.8 Å². The molecule has 1 N–H and O–H groups in total. The zero-order valence-electron chi connectivity index (χ0n) is 16.2. The van der Waals surface area contributed by atoms with Crippen LogP contribution in [0, 0.1) is 13.8 Å². The summed E-state index contributed by atoms with van der Waals surface area (Å²) < 4.78 is 2.12. The predicted molar refractivity (Wildman–Crippen MR) is 124 cm³/mol. The number of aromatic nitrogens is 1. The summed E-state index contributed by atoms with van der Waals surface area (Å²) in [7, 11) is 0. The fraction of sp³-hybridized carbons (Fsp3) is 0.182. The molecule has 1 heterocycles. The van der Waals surface area contributed by atoms with Crippen LogP contribution in [0.15, 0.2) is 59.7 Å². The largest absolute Gasteiger partial charge is 0.318 e. The normalized spacial score (nSPS) is 11.2. The zero-order valence-corrected chi connectivity index (χ0v) is 18.5. The number of hydrazone groups is 1. The summed E-state index contributed by atoms with van der Waals surface area (Å²) in [6.45, 7) is 4.05. The summed E-state index contributed by atoms with van der Waals surface area (Å²) in [6.07, 6.45) is 1.67. The number of rotatable bonds is 7. The van der Waals surface area contributed by atoms with Crippen LogP contribution in [-0.2, 0) is 10.5 Å². The summed E-state index contributed by atoms with van der Waals surface area (Å²) in [4.78, 5) is 12.0. The molecule has 150 valence electrons. The van der Waals surface area contributed by atoms with Gasteiger partial charge >= 0.3 is 0 Å². The maximum Gasteiger partial charge on any atom is 0.250 e. The minimum absolute atomic E-state index is 0.148. The van der Waals surface area contributed by atoms with E-state index >= 15 is 0 Å². The molecular weight excluding hydrogens is 425 g/mol. The van der Waals surface area contributed by atoms with Gasteiger partial charge in [0.2, 0.25) is 5.91 Å². The van der Waals surface area contributed by atoms with Crippen molar-refractivity contribution in [1.29, 1.82) is 0 Å². The van der Waals surface area contributed by atoms with Crippen LogP contribution in [-0.4, -0.2) is 22.4 Å². The van der Waals surface area contributed by atoms with Gasteiger partial charge < -0.3 is 4.57 Å². The lowest BCUT2D eigenvalue weighted by atomic mass is 10.2. The van der Waals surface area contributed by atoms with Gasteiger partial charge in [-0.05, 0) is 55.8 Å². The number of carbonyl (C=O) groups excluding carboxylic acids is 1. The topological polar surface area (TPSA) is 46.4 Å². The van der Waals surface area contributed by atoms with Crippen molar-refractivity contribution < 1.29 is 4.79 Å². The maximum atomic E-state index is 12.0. The Kier molecular flexibility index (Phi) is 7.42. The fourth-order valence-electron chi connectivity index (χ4n) is 2.98. The highest BCUT2D eigenvalue weighted by Crippen LogP contribution is 2.22. The van der Waals surface area contributed by atoms with Crippen LogP contribution in [0.2, 0.25) is 10.0 Å². The molecule has 3 aromatic rings. The summed E-state index contributed by atoms with van der Waals surface area (Å²) in [6, 6.07) is 17.3. The molecule has 3 rings (SSSR count). The van der Waals surface area contributed by atoms with Crippen LogP contribution in [0.3, 0.4) is 0 Å². The lowest BCUT2D eigenvalue weighted by molar-refractivity contribution is -0.118. The van der Waals surface area contributed by atoms with E-state index in [1.165, 1.54) is 11.8 Å². The monoisotopic (exact) mass is 445 g/mol. The lowest BCUT2D eigenvalue weighted by Gasteiger charge is -2.09. The van der Waals surface area contributed by atoms with Gasteiger partial charge in [0.1, 0.15) is 0 Å². The van der Waals surface area contributed by atoms with Crippen LogP contribution < -0.4 is 5.43 Å². The second kappa shape index (κ2) is 10.0. The van der Waals surface area contributed by atoms with Gasteiger partial charge in [-0.3, -0.25) is 4.79 Å². The standard InChI is InChI=1S/C22H21Cl2N3OS/c1-15-11-18(16(2)27(15)20-9-7-19(23)8-10-20)12-25-26-22(28)14-29-13-17-5-3-4-6-21(17)24/h3-12H,13-14H2,1-2H3,(H,26,28)/b25-12+. The summed E-state index contributed by atoms with van der Waals surface area (Å²) in [5.74, 6) is 0.843. The Morgan fingerprint density at radius 2 is 1.86 bits per heavy atom. The Morgan fingerprint density at radius 3 is 2.59 bits per heavy atom. The molecular formula is C22H21Cl2N3OS. The number of carbonyl (C=O) groups is 1. The lowest BCUT2D eigenvalue weighted by Crippen LogP contribution is -2.19. The maximum absolute atomic E-state index is 12.0. The van der Waals surface area contributed by atoms with E-state index in [2.05, 4.69) is 15.1 Å². The highest BCUT2D eigenvalue weighted by molar-refractivity contribution is 7.99. The molecule has 0 fully saturated rings. The molecule has 7 heteroatoms. The number of amides is 1. The second-order valence-electron chi connectivity index (χ2n) is 6.52. The van der Waals surface area contributed by atoms with Gasteiger partial charge in [-0.25, -0.2) is 5.43 Å². The number of hydrogen-bond acceptors (Lipinski definition) is 3. The number of benzene rings is 2. The van der Waals surface area contributed by atoms with E-state index in [0.29, 0.717) is 16.5 Å². The van der Waals surface area contributed by atoms with E-state index in [0.717, 1.165) is 33.2 Å². The molecule has 0 radical (unpaired) electrons. The van der Waals surface area contributed by atoms with Gasteiger partial charge in [0.25, 0.3) is 0 Å². The van der Waals surface area contributed by atoms with Crippen molar-refractivity contribution in [3.63, 3.8) is 0 Å².